The summed E-state index contributed by atoms with van der Waals surface area (Å²) in [6.45, 7) is 0.639. The van der Waals surface area contributed by atoms with Crippen LogP contribution in [0.1, 0.15) is 0 Å². The summed E-state index contributed by atoms with van der Waals surface area (Å²) in [5.41, 5.74) is 0. The van der Waals surface area contributed by atoms with Crippen molar-refractivity contribution in [1.29, 1.82) is 0 Å². The van der Waals surface area contributed by atoms with Gasteiger partial charge in [-0.15, -0.1) is 0 Å². The van der Waals surface area contributed by atoms with Crippen molar-refractivity contribution in [1.82, 2.24) is 0 Å². The molecule has 0 amide bonds. The van der Waals surface area contributed by atoms with Crippen molar-refractivity contribution in [3.63, 3.8) is 0 Å². The molecule has 0 saturated heterocycles. The second kappa shape index (κ2) is 3.28. The number of rotatable bonds is 0. The average Bonchev–Trinajstić information content (AvgIpc) is 1.76. The Labute approximate surface area is 52.5 Å². The van der Waals surface area contributed by atoms with Crippen molar-refractivity contribution in [3.05, 3.63) is 23.0 Å². The van der Waals surface area contributed by atoms with E-state index < -0.39 is 0 Å². The Morgan fingerprint density at radius 1 is 1.17 bits per heavy atom. The van der Waals surface area contributed by atoms with Gasteiger partial charge in [-0.2, -0.15) is 0 Å². The van der Waals surface area contributed by atoms with Gasteiger partial charge >= 0.3 is 0 Å². The third kappa shape index (κ3) is 1.50. The SMILES string of the molecule is C1=C[N-]C[N-]1.[Ag]. The second-order valence-corrected chi connectivity index (χ2v) is 0.805. The van der Waals surface area contributed by atoms with Crippen molar-refractivity contribution >= 4 is 0 Å². The minimum atomic E-state index is 0. The Balaban J connectivity index is 0.000000250. The molecule has 6 heavy (non-hydrogen) atoms. The zero-order valence-corrected chi connectivity index (χ0v) is 4.54. The summed E-state index contributed by atoms with van der Waals surface area (Å²) in [4.78, 5) is 0. The Hall–Kier alpha value is 0.0803. The van der Waals surface area contributed by atoms with Gasteiger partial charge in [0.1, 0.15) is 0 Å². The predicted molar refractivity (Wildman–Crippen MR) is 20.7 cm³/mol. The van der Waals surface area contributed by atoms with E-state index in [1.165, 1.54) is 0 Å². The van der Waals surface area contributed by atoms with Crippen molar-refractivity contribution in [2.75, 3.05) is 6.67 Å². The molecule has 3 heteroatoms. The summed E-state index contributed by atoms with van der Waals surface area (Å²) in [7, 11) is 0. The maximum absolute atomic E-state index is 3.74. The van der Waals surface area contributed by atoms with Crippen LogP contribution >= 0.6 is 0 Å². The summed E-state index contributed by atoms with van der Waals surface area (Å²) < 4.78 is 0. The van der Waals surface area contributed by atoms with E-state index in [1.807, 2.05) is 0 Å². The molecule has 0 N–H and O–H groups in total. The van der Waals surface area contributed by atoms with Crippen LogP contribution in [0.25, 0.3) is 10.6 Å². The summed E-state index contributed by atoms with van der Waals surface area (Å²) in [5, 5.41) is 7.47. The van der Waals surface area contributed by atoms with Crippen molar-refractivity contribution < 1.29 is 22.4 Å². The topological polar surface area (TPSA) is 28.2 Å². The van der Waals surface area contributed by atoms with Crippen LogP contribution in [0.5, 0.6) is 0 Å². The number of hydrogen-bond acceptors (Lipinski definition) is 0. The van der Waals surface area contributed by atoms with E-state index in [9.17, 15) is 0 Å². The molecule has 0 spiro atoms. The molecule has 0 aromatic rings. The van der Waals surface area contributed by atoms with Crippen LogP contribution in [0.3, 0.4) is 0 Å². The molecule has 0 bridgehead atoms. The Morgan fingerprint density at radius 2 is 1.67 bits per heavy atom. The maximum Gasteiger partial charge on any atom is 0 e. The molecule has 1 heterocycles. The largest absolute Gasteiger partial charge is 0.707 e. The minimum absolute atomic E-state index is 0. The van der Waals surface area contributed by atoms with Gasteiger partial charge in [0, 0.05) is 22.4 Å². The maximum atomic E-state index is 3.74. The molecule has 1 aliphatic heterocycles. The van der Waals surface area contributed by atoms with Crippen LogP contribution < -0.4 is 0 Å². The van der Waals surface area contributed by atoms with Gasteiger partial charge in [-0.25, -0.2) is 19.1 Å². The van der Waals surface area contributed by atoms with E-state index in [0.717, 1.165) is 0 Å². The van der Waals surface area contributed by atoms with Crippen molar-refractivity contribution in [2.24, 2.45) is 0 Å². The molecular weight excluding hydrogens is 172 g/mol. The molecule has 39 valence electrons. The van der Waals surface area contributed by atoms with E-state index in [2.05, 4.69) is 10.6 Å². The molecule has 0 fully saturated rings. The smallest absolute Gasteiger partial charge is 0 e. The molecule has 1 radical (unpaired) electrons. The third-order valence-electron chi connectivity index (χ3n) is 0.441. The molecule has 0 aliphatic carbocycles. The van der Waals surface area contributed by atoms with Crippen LogP contribution in [0.4, 0.5) is 0 Å². The number of nitrogens with zero attached hydrogens (tertiary/aromatic N) is 2. The van der Waals surface area contributed by atoms with E-state index in [0.29, 0.717) is 6.67 Å². The zero-order chi connectivity index (χ0) is 3.54. The van der Waals surface area contributed by atoms with Gasteiger partial charge in [0.25, 0.3) is 0 Å². The standard InChI is InChI=1S/C3H4N2.Ag/c1-2-5-3-4-1;/h1-2H,3H2;/q-2;. The van der Waals surface area contributed by atoms with Crippen LogP contribution in [0.15, 0.2) is 12.4 Å². The van der Waals surface area contributed by atoms with E-state index in [4.69, 9.17) is 0 Å². The van der Waals surface area contributed by atoms with Crippen LogP contribution in [-0.4, -0.2) is 6.67 Å². The Kier molecular flexibility index (Phi) is 3.32. The molecule has 0 aromatic heterocycles. The molecular formula is C3H4AgN2-2. The molecule has 1 aliphatic rings. The van der Waals surface area contributed by atoms with Crippen LogP contribution in [0, 0.1) is 0 Å². The van der Waals surface area contributed by atoms with Crippen LogP contribution in [-0.2, 0) is 22.4 Å². The van der Waals surface area contributed by atoms with Gasteiger partial charge < -0.3 is 10.6 Å². The van der Waals surface area contributed by atoms with Crippen LogP contribution in [0.2, 0.25) is 0 Å². The predicted octanol–water partition coefficient (Wildman–Crippen LogP) is 1.17. The Morgan fingerprint density at radius 3 is 1.83 bits per heavy atom. The molecule has 1 rings (SSSR count). The van der Waals surface area contributed by atoms with Gasteiger partial charge in [0.05, 0.1) is 0 Å². The third-order valence-corrected chi connectivity index (χ3v) is 0.441. The van der Waals surface area contributed by atoms with Gasteiger partial charge in [0.15, 0.2) is 0 Å². The monoisotopic (exact) mass is 175 g/mol. The first kappa shape index (κ1) is 6.08. The van der Waals surface area contributed by atoms with Gasteiger partial charge in [-0.3, -0.25) is 0 Å². The van der Waals surface area contributed by atoms with Crippen molar-refractivity contribution in [2.45, 2.75) is 0 Å². The average molecular weight is 176 g/mol. The fourth-order valence-electron chi connectivity index (χ4n) is 0.236. The quantitative estimate of drug-likeness (QED) is 0.495. The summed E-state index contributed by atoms with van der Waals surface area (Å²) in [5.74, 6) is 0. The molecule has 0 aromatic carbocycles. The molecule has 0 saturated carbocycles. The minimum Gasteiger partial charge on any atom is -0.707 e. The Bertz CT molecular complexity index is 46.8. The first-order valence-corrected chi connectivity index (χ1v) is 1.48. The summed E-state index contributed by atoms with van der Waals surface area (Å²) in [6.07, 6.45) is 3.39. The van der Waals surface area contributed by atoms with Gasteiger partial charge in [-0.05, 0) is 0 Å². The normalized spacial score (nSPS) is 14.7. The van der Waals surface area contributed by atoms with E-state index in [1.54, 1.807) is 12.4 Å². The fraction of sp³-hybridized carbons (Fsp3) is 0.333. The molecule has 2 nitrogen and oxygen atoms in total. The van der Waals surface area contributed by atoms with Gasteiger partial charge in [0.2, 0.25) is 0 Å². The van der Waals surface area contributed by atoms with Gasteiger partial charge in [-0.1, -0.05) is 0 Å². The summed E-state index contributed by atoms with van der Waals surface area (Å²) >= 11 is 0. The van der Waals surface area contributed by atoms with E-state index in [-0.39, 0.29) is 22.4 Å². The first-order valence-electron chi connectivity index (χ1n) is 1.48. The number of hydrogen-bond donors (Lipinski definition) is 0. The first-order chi connectivity index (χ1) is 2.50. The zero-order valence-electron chi connectivity index (χ0n) is 3.06. The molecule has 0 atom stereocenters. The fourth-order valence-corrected chi connectivity index (χ4v) is 0.236. The van der Waals surface area contributed by atoms with Crippen molar-refractivity contribution in [3.8, 4) is 0 Å². The summed E-state index contributed by atoms with van der Waals surface area (Å²) in [6, 6.07) is 0. The second-order valence-electron chi connectivity index (χ2n) is 0.805. The molecule has 0 unspecified atom stereocenters. The van der Waals surface area contributed by atoms with E-state index >= 15 is 0 Å².